The van der Waals surface area contributed by atoms with Gasteiger partial charge in [-0.15, -0.1) is 0 Å². The van der Waals surface area contributed by atoms with Crippen LogP contribution < -0.4 is 0 Å². The van der Waals surface area contributed by atoms with Gasteiger partial charge < -0.3 is 5.11 Å². The van der Waals surface area contributed by atoms with Gasteiger partial charge in [-0.05, 0) is 63.5 Å². The van der Waals surface area contributed by atoms with Crippen LogP contribution in [0.1, 0.15) is 70.6 Å². The van der Waals surface area contributed by atoms with Gasteiger partial charge >= 0.3 is 5.97 Å². The number of hydrogen-bond acceptors (Lipinski definition) is 2. The second-order valence-electron chi connectivity index (χ2n) is 7.39. The van der Waals surface area contributed by atoms with Crippen LogP contribution in [0.3, 0.4) is 0 Å². The average Bonchev–Trinajstić information content (AvgIpc) is 3.25. The molecule has 0 aromatic heterocycles. The van der Waals surface area contributed by atoms with E-state index >= 15 is 0 Å². The summed E-state index contributed by atoms with van der Waals surface area (Å²) in [6, 6.07) is 0. The van der Waals surface area contributed by atoms with Gasteiger partial charge in [0.05, 0.1) is 6.42 Å². The van der Waals surface area contributed by atoms with Crippen molar-refractivity contribution in [3.8, 4) is 0 Å². The van der Waals surface area contributed by atoms with Gasteiger partial charge in [0, 0.05) is 5.54 Å². The first-order valence-corrected chi connectivity index (χ1v) is 8.66. The Morgan fingerprint density at radius 3 is 2.30 bits per heavy atom. The van der Waals surface area contributed by atoms with Gasteiger partial charge in [0.25, 0.3) is 0 Å². The fourth-order valence-electron chi connectivity index (χ4n) is 4.74. The minimum absolute atomic E-state index is 0.0122. The second-order valence-corrected chi connectivity index (χ2v) is 7.39. The molecule has 3 rings (SSSR count). The second kappa shape index (κ2) is 6.05. The van der Waals surface area contributed by atoms with Gasteiger partial charge in [0.1, 0.15) is 0 Å². The molecule has 3 fully saturated rings. The summed E-state index contributed by atoms with van der Waals surface area (Å²) in [5, 5.41) is 9.45. The fourth-order valence-corrected chi connectivity index (χ4v) is 4.74. The maximum Gasteiger partial charge on any atom is 0.305 e. The van der Waals surface area contributed by atoms with Crippen molar-refractivity contribution >= 4 is 5.97 Å². The zero-order valence-electron chi connectivity index (χ0n) is 12.6. The lowest BCUT2D eigenvalue weighted by Crippen LogP contribution is -2.53. The molecule has 3 heteroatoms. The third kappa shape index (κ3) is 3.19. The third-order valence-electron chi connectivity index (χ3n) is 5.91. The number of carboxylic acids is 1. The molecule has 0 spiro atoms. The molecule has 0 aromatic rings. The van der Waals surface area contributed by atoms with Crippen LogP contribution in [0.15, 0.2) is 0 Å². The maximum atomic E-state index is 11.5. The van der Waals surface area contributed by atoms with E-state index in [0.29, 0.717) is 6.42 Å². The van der Waals surface area contributed by atoms with Crippen molar-refractivity contribution in [2.45, 2.75) is 76.2 Å². The van der Waals surface area contributed by atoms with Crippen LogP contribution in [0, 0.1) is 11.8 Å². The van der Waals surface area contributed by atoms with Crippen LogP contribution in [0.5, 0.6) is 0 Å². The molecular weight excluding hydrogens is 250 g/mol. The number of hydrogen-bond donors (Lipinski definition) is 1. The molecule has 2 unspecified atom stereocenters. The molecular formula is C17H29NO2. The lowest BCUT2D eigenvalue weighted by molar-refractivity contribution is -0.142. The molecule has 1 aliphatic heterocycles. The molecule has 2 aliphatic carbocycles. The lowest BCUT2D eigenvalue weighted by Gasteiger charge is -2.48. The van der Waals surface area contributed by atoms with Crippen molar-refractivity contribution < 1.29 is 9.90 Å². The Morgan fingerprint density at radius 2 is 1.70 bits per heavy atom. The number of rotatable bonds is 4. The van der Waals surface area contributed by atoms with E-state index in [1.807, 2.05) is 0 Å². The van der Waals surface area contributed by atoms with E-state index in [2.05, 4.69) is 4.90 Å². The van der Waals surface area contributed by atoms with Crippen LogP contribution in [0.4, 0.5) is 0 Å². The minimum atomic E-state index is -0.592. The summed E-state index contributed by atoms with van der Waals surface area (Å²) in [4.78, 5) is 14.1. The zero-order valence-corrected chi connectivity index (χ0v) is 12.6. The van der Waals surface area contributed by atoms with Gasteiger partial charge in [0.15, 0.2) is 0 Å². The molecule has 0 radical (unpaired) electrons. The largest absolute Gasteiger partial charge is 0.481 e. The summed E-state index contributed by atoms with van der Waals surface area (Å²) in [5.74, 6) is 1.15. The molecule has 20 heavy (non-hydrogen) atoms. The average molecular weight is 279 g/mol. The van der Waals surface area contributed by atoms with Gasteiger partial charge in [0.2, 0.25) is 0 Å². The Bertz CT molecular complexity index is 345. The number of carbonyl (C=O) groups is 1. The van der Waals surface area contributed by atoms with Crippen molar-refractivity contribution in [2.24, 2.45) is 11.8 Å². The van der Waals surface area contributed by atoms with Gasteiger partial charge in [-0.25, -0.2) is 0 Å². The van der Waals surface area contributed by atoms with Gasteiger partial charge in [-0.3, -0.25) is 9.69 Å². The first kappa shape index (κ1) is 14.4. The summed E-state index contributed by atoms with van der Waals surface area (Å²) in [7, 11) is 0. The standard InChI is InChI=1S/C17H29NO2/c19-16(20)13-17(18-10-3-1-2-4-11-18)9-5-6-15(12-17)14-7-8-14/h14-15H,1-13H2,(H,19,20). The summed E-state index contributed by atoms with van der Waals surface area (Å²) in [5.41, 5.74) is -0.0122. The Kier molecular flexibility index (Phi) is 4.34. The maximum absolute atomic E-state index is 11.5. The molecule has 1 N–H and O–H groups in total. The van der Waals surface area contributed by atoms with Gasteiger partial charge in [-0.1, -0.05) is 25.7 Å². The molecule has 3 nitrogen and oxygen atoms in total. The number of aliphatic carboxylic acids is 1. The normalized spacial score (nSPS) is 36.5. The zero-order chi connectivity index (χ0) is 14.0. The van der Waals surface area contributed by atoms with E-state index in [0.717, 1.165) is 37.8 Å². The molecule has 0 aromatic carbocycles. The van der Waals surface area contributed by atoms with Crippen LogP contribution in [-0.2, 0) is 4.79 Å². The molecule has 2 atom stereocenters. The smallest absolute Gasteiger partial charge is 0.305 e. The van der Waals surface area contributed by atoms with Crippen LogP contribution in [0.25, 0.3) is 0 Å². The van der Waals surface area contributed by atoms with Gasteiger partial charge in [-0.2, -0.15) is 0 Å². The highest BCUT2D eigenvalue weighted by molar-refractivity contribution is 5.68. The highest BCUT2D eigenvalue weighted by atomic mass is 16.4. The topological polar surface area (TPSA) is 40.5 Å². The van der Waals surface area contributed by atoms with Crippen molar-refractivity contribution in [3.63, 3.8) is 0 Å². The monoisotopic (exact) mass is 279 g/mol. The Balaban J connectivity index is 1.76. The van der Waals surface area contributed by atoms with E-state index in [-0.39, 0.29) is 5.54 Å². The molecule has 2 saturated carbocycles. The fraction of sp³-hybridized carbons (Fsp3) is 0.941. The Morgan fingerprint density at radius 1 is 1.00 bits per heavy atom. The Labute approximate surface area is 122 Å². The highest BCUT2D eigenvalue weighted by Crippen LogP contribution is 2.49. The molecule has 0 amide bonds. The molecule has 1 saturated heterocycles. The lowest BCUT2D eigenvalue weighted by atomic mass is 9.71. The molecule has 0 bridgehead atoms. The van der Waals surface area contributed by atoms with Crippen molar-refractivity contribution in [2.75, 3.05) is 13.1 Å². The van der Waals surface area contributed by atoms with E-state index in [1.165, 1.54) is 51.4 Å². The molecule has 114 valence electrons. The SMILES string of the molecule is O=C(O)CC1(N2CCCCCC2)CCCC(C2CC2)C1. The van der Waals surface area contributed by atoms with E-state index < -0.39 is 5.97 Å². The predicted octanol–water partition coefficient (Wildman–Crippen LogP) is 3.68. The van der Waals surface area contributed by atoms with Crippen molar-refractivity contribution in [3.05, 3.63) is 0 Å². The van der Waals surface area contributed by atoms with E-state index in [9.17, 15) is 9.90 Å². The van der Waals surface area contributed by atoms with Crippen LogP contribution in [-0.4, -0.2) is 34.6 Å². The summed E-state index contributed by atoms with van der Waals surface area (Å²) in [6.45, 7) is 2.26. The van der Waals surface area contributed by atoms with E-state index in [1.54, 1.807) is 0 Å². The third-order valence-corrected chi connectivity index (χ3v) is 5.91. The first-order valence-electron chi connectivity index (χ1n) is 8.66. The first-order chi connectivity index (χ1) is 9.70. The van der Waals surface area contributed by atoms with E-state index in [4.69, 9.17) is 0 Å². The van der Waals surface area contributed by atoms with Crippen molar-refractivity contribution in [1.29, 1.82) is 0 Å². The van der Waals surface area contributed by atoms with Crippen LogP contribution in [0.2, 0.25) is 0 Å². The number of likely N-dealkylation sites (tertiary alicyclic amines) is 1. The molecule has 3 aliphatic rings. The Hall–Kier alpha value is -0.570. The number of nitrogens with zero attached hydrogens (tertiary/aromatic N) is 1. The quantitative estimate of drug-likeness (QED) is 0.853. The summed E-state index contributed by atoms with van der Waals surface area (Å²) >= 11 is 0. The molecule has 1 heterocycles. The highest BCUT2D eigenvalue weighted by Gasteiger charge is 2.46. The van der Waals surface area contributed by atoms with Crippen LogP contribution >= 0.6 is 0 Å². The predicted molar refractivity (Wildman–Crippen MR) is 79.7 cm³/mol. The summed E-state index contributed by atoms with van der Waals surface area (Å²) < 4.78 is 0. The number of carboxylic acid groups (broad SMARTS) is 1. The summed E-state index contributed by atoms with van der Waals surface area (Å²) in [6.07, 6.45) is 13.2. The minimum Gasteiger partial charge on any atom is -0.481 e. The van der Waals surface area contributed by atoms with Crippen molar-refractivity contribution in [1.82, 2.24) is 4.90 Å².